The molecule has 104 valence electrons. The van der Waals surface area contributed by atoms with Gasteiger partial charge < -0.3 is 14.2 Å². The maximum atomic E-state index is 11.8. The highest BCUT2D eigenvalue weighted by molar-refractivity contribution is 9.09. The summed E-state index contributed by atoms with van der Waals surface area (Å²) in [6, 6.07) is 0. The zero-order chi connectivity index (χ0) is 13.4. The fourth-order valence-electron chi connectivity index (χ4n) is 1.91. The number of rotatable bonds is 7. The molecule has 0 spiro atoms. The maximum Gasteiger partial charge on any atom is 0.336 e. The maximum absolute atomic E-state index is 11.8. The fourth-order valence-corrected chi connectivity index (χ4v) is 2.25. The van der Waals surface area contributed by atoms with E-state index in [9.17, 15) is 4.79 Å². The molecule has 0 aromatic rings. The van der Waals surface area contributed by atoms with Crippen LogP contribution in [-0.4, -0.2) is 36.9 Å². The van der Waals surface area contributed by atoms with Gasteiger partial charge in [0.2, 0.25) is 0 Å². The molecule has 0 radical (unpaired) electrons. The fraction of sp³-hybridized carbons (Fsp3) is 0.769. The molecule has 1 unspecified atom stereocenters. The molecule has 2 atom stereocenters. The molecular formula is C13H21BrO4. The summed E-state index contributed by atoms with van der Waals surface area (Å²) in [6.45, 7) is 4.69. The van der Waals surface area contributed by atoms with Gasteiger partial charge in [-0.3, -0.25) is 0 Å². The van der Waals surface area contributed by atoms with Crippen molar-refractivity contribution in [1.82, 2.24) is 0 Å². The normalized spacial score (nSPS) is 21.3. The zero-order valence-corrected chi connectivity index (χ0v) is 12.6. The summed E-state index contributed by atoms with van der Waals surface area (Å²) in [7, 11) is 0. The largest absolute Gasteiger partial charge is 0.463 e. The first-order valence-electron chi connectivity index (χ1n) is 6.43. The van der Waals surface area contributed by atoms with Gasteiger partial charge >= 0.3 is 5.97 Å². The SMILES string of the molecule is CCOC(=O)C1=CCCC[C@H]1OC(CBr)OCC. The Bertz CT molecular complexity index is 291. The minimum absolute atomic E-state index is 0.216. The third kappa shape index (κ3) is 4.71. The average molecular weight is 321 g/mol. The third-order valence-corrected chi connectivity index (χ3v) is 3.22. The summed E-state index contributed by atoms with van der Waals surface area (Å²) in [6.07, 6.45) is 4.14. The van der Waals surface area contributed by atoms with Crippen LogP contribution in [0, 0.1) is 0 Å². The van der Waals surface area contributed by atoms with Crippen LogP contribution in [0.1, 0.15) is 33.1 Å². The molecule has 0 N–H and O–H groups in total. The van der Waals surface area contributed by atoms with E-state index in [0.717, 1.165) is 19.3 Å². The van der Waals surface area contributed by atoms with Crippen LogP contribution in [0.2, 0.25) is 0 Å². The summed E-state index contributed by atoms with van der Waals surface area (Å²) in [4.78, 5) is 11.8. The van der Waals surface area contributed by atoms with E-state index in [1.807, 2.05) is 13.0 Å². The summed E-state index contributed by atoms with van der Waals surface area (Å²) < 4.78 is 16.3. The van der Waals surface area contributed by atoms with Gasteiger partial charge in [0.25, 0.3) is 0 Å². The molecule has 1 aliphatic carbocycles. The number of hydrogen-bond acceptors (Lipinski definition) is 4. The lowest BCUT2D eigenvalue weighted by Gasteiger charge is -2.27. The highest BCUT2D eigenvalue weighted by Gasteiger charge is 2.27. The number of halogens is 1. The first-order chi connectivity index (χ1) is 8.72. The van der Waals surface area contributed by atoms with E-state index in [1.165, 1.54) is 0 Å². The van der Waals surface area contributed by atoms with E-state index >= 15 is 0 Å². The smallest absolute Gasteiger partial charge is 0.336 e. The number of ether oxygens (including phenoxy) is 3. The molecule has 0 aliphatic heterocycles. The van der Waals surface area contributed by atoms with E-state index in [4.69, 9.17) is 14.2 Å². The number of carbonyl (C=O) groups excluding carboxylic acids is 1. The molecule has 0 bridgehead atoms. The first kappa shape index (κ1) is 15.7. The molecule has 0 saturated heterocycles. The predicted molar refractivity (Wildman–Crippen MR) is 72.6 cm³/mol. The molecule has 1 aliphatic rings. The van der Waals surface area contributed by atoms with Crippen molar-refractivity contribution >= 4 is 21.9 Å². The second kappa shape index (κ2) is 8.67. The molecule has 0 saturated carbocycles. The Balaban J connectivity index is 2.63. The number of allylic oxidation sites excluding steroid dienone is 1. The van der Waals surface area contributed by atoms with Crippen molar-refractivity contribution in [3.63, 3.8) is 0 Å². The van der Waals surface area contributed by atoms with Crippen LogP contribution >= 0.6 is 15.9 Å². The van der Waals surface area contributed by atoms with Crippen molar-refractivity contribution in [2.45, 2.75) is 45.5 Å². The third-order valence-electron chi connectivity index (χ3n) is 2.69. The van der Waals surface area contributed by atoms with Gasteiger partial charge in [-0.2, -0.15) is 0 Å². The number of hydrogen-bond donors (Lipinski definition) is 0. The van der Waals surface area contributed by atoms with Gasteiger partial charge in [-0.25, -0.2) is 4.79 Å². The van der Waals surface area contributed by atoms with Gasteiger partial charge in [0.1, 0.15) is 0 Å². The average Bonchev–Trinajstić information content (AvgIpc) is 2.39. The number of carbonyl (C=O) groups is 1. The Morgan fingerprint density at radius 2 is 2.28 bits per heavy atom. The molecule has 0 amide bonds. The van der Waals surface area contributed by atoms with Crippen LogP contribution in [0.5, 0.6) is 0 Å². The highest BCUT2D eigenvalue weighted by Crippen LogP contribution is 2.24. The molecule has 5 heteroatoms. The molecule has 18 heavy (non-hydrogen) atoms. The molecular weight excluding hydrogens is 300 g/mol. The summed E-state index contributed by atoms with van der Waals surface area (Å²) >= 11 is 3.35. The van der Waals surface area contributed by atoms with Crippen molar-refractivity contribution in [3.8, 4) is 0 Å². The van der Waals surface area contributed by atoms with Gasteiger partial charge in [0.05, 0.1) is 23.6 Å². The van der Waals surface area contributed by atoms with Crippen LogP contribution in [0.4, 0.5) is 0 Å². The quantitative estimate of drug-likeness (QED) is 0.411. The van der Waals surface area contributed by atoms with Gasteiger partial charge in [0.15, 0.2) is 6.29 Å². The lowest BCUT2D eigenvalue weighted by atomic mass is 9.96. The van der Waals surface area contributed by atoms with Crippen molar-refractivity contribution in [2.24, 2.45) is 0 Å². The van der Waals surface area contributed by atoms with E-state index in [2.05, 4.69) is 15.9 Å². The second-order valence-corrected chi connectivity index (χ2v) is 4.62. The predicted octanol–water partition coefficient (Wildman–Crippen LogP) is 2.80. The minimum Gasteiger partial charge on any atom is -0.463 e. The van der Waals surface area contributed by atoms with Crippen LogP contribution in [0.15, 0.2) is 11.6 Å². The molecule has 0 heterocycles. The van der Waals surface area contributed by atoms with E-state index in [-0.39, 0.29) is 18.4 Å². The van der Waals surface area contributed by atoms with Gasteiger partial charge in [0, 0.05) is 6.61 Å². The Kier molecular flexibility index (Phi) is 7.54. The highest BCUT2D eigenvalue weighted by atomic mass is 79.9. The first-order valence-corrected chi connectivity index (χ1v) is 7.55. The lowest BCUT2D eigenvalue weighted by molar-refractivity contribution is -0.156. The Hall–Kier alpha value is -0.390. The van der Waals surface area contributed by atoms with Gasteiger partial charge in [-0.05, 0) is 33.1 Å². The molecule has 0 aromatic heterocycles. The summed E-state index contributed by atoms with van der Waals surface area (Å²) in [5.41, 5.74) is 0.633. The molecule has 0 fully saturated rings. The standard InChI is InChI=1S/C13H21BrO4/c1-3-16-12(9-14)18-11-8-6-5-7-10(11)13(15)17-4-2/h7,11-12H,3-6,8-9H2,1-2H3/t11-,12?/m1/s1. The summed E-state index contributed by atoms with van der Waals surface area (Å²) in [5, 5.41) is 0.591. The van der Waals surface area contributed by atoms with Gasteiger partial charge in [-0.1, -0.05) is 22.0 Å². The monoisotopic (exact) mass is 320 g/mol. The molecule has 0 aromatic carbocycles. The van der Waals surface area contributed by atoms with Crippen LogP contribution in [0.3, 0.4) is 0 Å². The van der Waals surface area contributed by atoms with E-state index in [0.29, 0.717) is 24.1 Å². The van der Waals surface area contributed by atoms with Crippen LogP contribution in [0.25, 0.3) is 0 Å². The van der Waals surface area contributed by atoms with Crippen molar-refractivity contribution in [2.75, 3.05) is 18.5 Å². The Labute approximate surface area is 117 Å². The molecule has 4 nitrogen and oxygen atoms in total. The Morgan fingerprint density at radius 1 is 1.50 bits per heavy atom. The van der Waals surface area contributed by atoms with Gasteiger partial charge in [-0.15, -0.1) is 0 Å². The topological polar surface area (TPSA) is 44.8 Å². The lowest BCUT2D eigenvalue weighted by Crippen LogP contribution is -2.32. The van der Waals surface area contributed by atoms with Crippen molar-refractivity contribution < 1.29 is 19.0 Å². The molecule has 1 rings (SSSR count). The number of esters is 1. The van der Waals surface area contributed by atoms with Crippen molar-refractivity contribution in [3.05, 3.63) is 11.6 Å². The Morgan fingerprint density at radius 3 is 2.89 bits per heavy atom. The van der Waals surface area contributed by atoms with Crippen LogP contribution in [-0.2, 0) is 19.0 Å². The van der Waals surface area contributed by atoms with Crippen molar-refractivity contribution in [1.29, 1.82) is 0 Å². The van der Waals surface area contributed by atoms with E-state index in [1.54, 1.807) is 6.92 Å². The second-order valence-electron chi connectivity index (χ2n) is 3.97. The minimum atomic E-state index is -0.323. The summed E-state index contributed by atoms with van der Waals surface area (Å²) in [5.74, 6) is -0.271. The zero-order valence-electron chi connectivity index (χ0n) is 11.0. The van der Waals surface area contributed by atoms with E-state index < -0.39 is 0 Å². The van der Waals surface area contributed by atoms with Crippen LogP contribution < -0.4 is 0 Å². The number of alkyl halides is 1.